The molecule has 1 aromatic rings. The van der Waals surface area contributed by atoms with Gasteiger partial charge in [0.25, 0.3) is 5.69 Å². The van der Waals surface area contributed by atoms with E-state index in [4.69, 9.17) is 9.05 Å². The van der Waals surface area contributed by atoms with Gasteiger partial charge in [-0.25, -0.2) is 9.76 Å². The quantitative estimate of drug-likeness (QED) is 0.343. The van der Waals surface area contributed by atoms with Gasteiger partial charge in [0.1, 0.15) is 0 Å². The summed E-state index contributed by atoms with van der Waals surface area (Å²) in [5, 5.41) is 16.6. The summed E-state index contributed by atoms with van der Waals surface area (Å²) in [4.78, 5) is 10.0. The van der Waals surface area contributed by atoms with Gasteiger partial charge < -0.3 is 0 Å². The summed E-state index contributed by atoms with van der Waals surface area (Å²) in [7, 11) is -3.44. The molecule has 8 nitrogen and oxygen atoms in total. The van der Waals surface area contributed by atoms with Crippen molar-refractivity contribution >= 4 is 19.6 Å². The van der Waals surface area contributed by atoms with Crippen LogP contribution in [0.5, 0.6) is 0 Å². The minimum atomic E-state index is -3.44. The fourth-order valence-corrected chi connectivity index (χ4v) is 2.36. The van der Waals surface area contributed by atoms with Crippen LogP contribution < -0.4 is 5.20 Å². The Morgan fingerprint density at radius 2 is 1.85 bits per heavy atom. The predicted octanol–water partition coefficient (Wildman–Crippen LogP) is 2.70. The van der Waals surface area contributed by atoms with Crippen molar-refractivity contribution in [2.75, 3.05) is 13.2 Å². The van der Waals surface area contributed by atoms with Crippen molar-refractivity contribution in [2.24, 2.45) is 5.10 Å². The monoisotopic (exact) mass is 301 g/mol. The van der Waals surface area contributed by atoms with Crippen LogP contribution in [0.25, 0.3) is 0 Å². The van der Waals surface area contributed by atoms with Crippen LogP contribution in [-0.2, 0) is 13.6 Å². The van der Waals surface area contributed by atoms with E-state index < -0.39 is 12.7 Å². The van der Waals surface area contributed by atoms with Crippen LogP contribution in [0.2, 0.25) is 0 Å². The molecule has 0 fully saturated rings. The molecule has 0 aliphatic carbocycles. The molecule has 0 aromatic heterocycles. The number of nitro groups is 1. The summed E-state index contributed by atoms with van der Waals surface area (Å²) in [6.07, 6.45) is 1.37. The molecule has 0 atom stereocenters. The SMILES string of the molecule is CCOP(=O)(N/N=C/c1ccc([N+](=O)[O-])cc1)OCC. The summed E-state index contributed by atoms with van der Waals surface area (Å²) in [6.45, 7) is 3.81. The van der Waals surface area contributed by atoms with E-state index in [2.05, 4.69) is 10.3 Å². The maximum Gasteiger partial charge on any atom is 0.448 e. The average molecular weight is 301 g/mol. The topological polar surface area (TPSA) is 103 Å². The Balaban J connectivity index is 2.67. The van der Waals surface area contributed by atoms with Crippen molar-refractivity contribution in [3.05, 3.63) is 39.9 Å². The summed E-state index contributed by atoms with van der Waals surface area (Å²) >= 11 is 0. The van der Waals surface area contributed by atoms with E-state index in [0.29, 0.717) is 5.56 Å². The van der Waals surface area contributed by atoms with Crippen molar-refractivity contribution in [2.45, 2.75) is 13.8 Å². The number of nitrogens with zero attached hydrogens (tertiary/aromatic N) is 2. The van der Waals surface area contributed by atoms with E-state index in [1.807, 2.05) is 0 Å². The second-order valence-electron chi connectivity index (χ2n) is 3.54. The van der Waals surface area contributed by atoms with Crippen molar-refractivity contribution in [1.29, 1.82) is 0 Å². The second kappa shape index (κ2) is 7.74. The van der Waals surface area contributed by atoms with Gasteiger partial charge in [0.05, 0.1) is 24.4 Å². The van der Waals surface area contributed by atoms with E-state index in [-0.39, 0.29) is 18.9 Å². The maximum absolute atomic E-state index is 12.0. The molecule has 0 bridgehead atoms. The van der Waals surface area contributed by atoms with Gasteiger partial charge in [-0.3, -0.25) is 19.2 Å². The molecule has 0 saturated carbocycles. The molecule has 0 amide bonds. The molecule has 0 aliphatic rings. The van der Waals surface area contributed by atoms with Gasteiger partial charge in [0.15, 0.2) is 0 Å². The number of non-ortho nitro benzene ring substituents is 1. The summed E-state index contributed by atoms with van der Waals surface area (Å²) < 4.78 is 21.9. The van der Waals surface area contributed by atoms with Gasteiger partial charge in [-0.2, -0.15) is 5.10 Å². The van der Waals surface area contributed by atoms with E-state index in [1.54, 1.807) is 13.8 Å². The molecule has 0 heterocycles. The number of nitro benzene ring substituents is 1. The molecule has 1 aromatic carbocycles. The van der Waals surface area contributed by atoms with Crippen LogP contribution in [0, 0.1) is 10.1 Å². The molecule has 0 saturated heterocycles. The van der Waals surface area contributed by atoms with Gasteiger partial charge in [0.2, 0.25) is 0 Å². The van der Waals surface area contributed by atoms with Gasteiger partial charge in [-0.1, -0.05) is 0 Å². The Morgan fingerprint density at radius 1 is 1.30 bits per heavy atom. The van der Waals surface area contributed by atoms with Crippen molar-refractivity contribution in [3.63, 3.8) is 0 Å². The van der Waals surface area contributed by atoms with Crippen LogP contribution in [-0.4, -0.2) is 24.4 Å². The fraction of sp³-hybridized carbons (Fsp3) is 0.364. The normalized spacial score (nSPS) is 11.7. The predicted molar refractivity (Wildman–Crippen MR) is 74.7 cm³/mol. The zero-order chi connectivity index (χ0) is 15.0. The molecule has 1 rings (SSSR count). The Bertz CT molecular complexity index is 507. The van der Waals surface area contributed by atoms with E-state index in [9.17, 15) is 14.7 Å². The number of hydrazone groups is 1. The van der Waals surface area contributed by atoms with E-state index >= 15 is 0 Å². The standard InChI is InChI=1S/C11H16N3O5P/c1-3-18-20(17,19-4-2)13-12-9-10-5-7-11(8-6-10)14(15)16/h5-9H,3-4H2,1-2H3,(H,13,17)/b12-9+. The lowest BCUT2D eigenvalue weighted by Gasteiger charge is -2.14. The first kappa shape index (κ1) is 16.3. The number of hydrogen-bond acceptors (Lipinski definition) is 6. The van der Waals surface area contributed by atoms with Crippen molar-refractivity contribution in [3.8, 4) is 0 Å². The highest BCUT2D eigenvalue weighted by Crippen LogP contribution is 2.43. The van der Waals surface area contributed by atoms with E-state index in [0.717, 1.165) is 0 Å². The van der Waals surface area contributed by atoms with Crippen LogP contribution >= 0.6 is 7.75 Å². The lowest BCUT2D eigenvalue weighted by Crippen LogP contribution is -2.09. The Labute approximate surface area is 116 Å². The zero-order valence-electron chi connectivity index (χ0n) is 11.2. The van der Waals surface area contributed by atoms with Crippen LogP contribution in [0.4, 0.5) is 5.69 Å². The number of hydrogen-bond donors (Lipinski definition) is 1. The molecular weight excluding hydrogens is 285 g/mol. The number of nitrogens with one attached hydrogen (secondary N) is 1. The molecule has 9 heteroatoms. The third-order valence-corrected chi connectivity index (χ3v) is 3.65. The Kier molecular flexibility index (Phi) is 6.30. The first-order valence-corrected chi connectivity index (χ1v) is 7.49. The average Bonchev–Trinajstić information content (AvgIpc) is 2.39. The van der Waals surface area contributed by atoms with Gasteiger partial charge in [-0.15, -0.1) is 0 Å². The molecule has 0 unspecified atom stereocenters. The van der Waals surface area contributed by atoms with Crippen molar-refractivity contribution < 1.29 is 18.5 Å². The molecule has 110 valence electrons. The smallest absolute Gasteiger partial charge is 0.292 e. The third-order valence-electron chi connectivity index (χ3n) is 2.10. The lowest BCUT2D eigenvalue weighted by atomic mass is 10.2. The fourth-order valence-electron chi connectivity index (χ4n) is 1.29. The lowest BCUT2D eigenvalue weighted by molar-refractivity contribution is -0.384. The highest BCUT2D eigenvalue weighted by molar-refractivity contribution is 7.51. The Morgan fingerprint density at radius 3 is 2.30 bits per heavy atom. The molecule has 1 N–H and O–H groups in total. The first-order valence-electron chi connectivity index (χ1n) is 5.94. The van der Waals surface area contributed by atoms with Gasteiger partial charge >= 0.3 is 7.75 Å². The van der Waals surface area contributed by atoms with Gasteiger partial charge in [0, 0.05) is 12.1 Å². The van der Waals surface area contributed by atoms with Gasteiger partial charge in [-0.05, 0) is 31.5 Å². The molecule has 0 aliphatic heterocycles. The maximum atomic E-state index is 12.0. The summed E-state index contributed by atoms with van der Waals surface area (Å²) in [5.41, 5.74) is 0.604. The minimum absolute atomic E-state index is 0.00980. The second-order valence-corrected chi connectivity index (χ2v) is 5.25. The third kappa shape index (κ3) is 5.08. The Hall–Kier alpha value is -1.76. The largest absolute Gasteiger partial charge is 0.448 e. The van der Waals surface area contributed by atoms with Crippen LogP contribution in [0.15, 0.2) is 29.4 Å². The number of benzene rings is 1. The molecular formula is C11H16N3O5P. The minimum Gasteiger partial charge on any atom is -0.292 e. The molecule has 0 spiro atoms. The summed E-state index contributed by atoms with van der Waals surface area (Å²) in [6, 6.07) is 5.75. The van der Waals surface area contributed by atoms with Crippen LogP contribution in [0.1, 0.15) is 19.4 Å². The molecule has 20 heavy (non-hydrogen) atoms. The van der Waals surface area contributed by atoms with Crippen molar-refractivity contribution in [1.82, 2.24) is 5.20 Å². The highest BCUT2D eigenvalue weighted by atomic mass is 31.2. The first-order chi connectivity index (χ1) is 9.50. The zero-order valence-corrected chi connectivity index (χ0v) is 12.1. The van der Waals surface area contributed by atoms with Crippen LogP contribution in [0.3, 0.4) is 0 Å². The summed E-state index contributed by atoms with van der Waals surface area (Å²) in [5.74, 6) is 0. The van der Waals surface area contributed by atoms with E-state index in [1.165, 1.54) is 30.5 Å². The highest BCUT2D eigenvalue weighted by Gasteiger charge is 2.22. The number of rotatable bonds is 8. The molecule has 0 radical (unpaired) electrons.